The molecule has 12 aromatic rings. The van der Waals surface area contributed by atoms with Gasteiger partial charge in [-0.3, -0.25) is 38.4 Å². The van der Waals surface area contributed by atoms with Gasteiger partial charge in [-0.2, -0.15) is 26.3 Å². The van der Waals surface area contributed by atoms with Crippen LogP contribution in [0, 0.1) is 0 Å². The first-order valence-electron chi connectivity index (χ1n) is 32.0. The summed E-state index contributed by atoms with van der Waals surface area (Å²) in [5.41, 5.74) is -0.935. The molecule has 4 aliphatic rings. The van der Waals surface area contributed by atoms with Crippen molar-refractivity contribution in [2.24, 2.45) is 0 Å². The van der Waals surface area contributed by atoms with Crippen molar-refractivity contribution in [3.8, 4) is 67.5 Å². The van der Waals surface area contributed by atoms with Crippen molar-refractivity contribution in [3.63, 3.8) is 0 Å². The van der Waals surface area contributed by atoms with E-state index in [1.807, 2.05) is 72.8 Å². The fraction of sp³-hybridized carbons (Fsp3) is 0.0361. The minimum Gasteiger partial charge on any atom is -0.457 e. The molecule has 4 aliphatic heterocycles. The Labute approximate surface area is 581 Å². The summed E-state index contributed by atoms with van der Waals surface area (Å²) in [5.74, 6) is -5.25. The molecule has 0 aliphatic carbocycles. The summed E-state index contributed by atoms with van der Waals surface area (Å²) in [6, 6.07) is 68.5. The molecule has 0 fully saturated rings. The molecule has 0 spiro atoms. The van der Waals surface area contributed by atoms with Crippen LogP contribution in [0.15, 0.2) is 279 Å². The van der Waals surface area contributed by atoms with Crippen LogP contribution in [0.4, 0.5) is 49.1 Å². The number of carbonyl (C=O) groups is 8. The third-order valence-electron chi connectivity index (χ3n) is 18.8. The lowest BCUT2D eigenvalue weighted by molar-refractivity contribution is -0.288. The van der Waals surface area contributed by atoms with Crippen LogP contribution in [0.3, 0.4) is 0 Å². The molecule has 0 atom stereocenters. The maximum atomic E-state index is 15.4. The van der Waals surface area contributed by atoms with Crippen LogP contribution in [0.2, 0.25) is 0 Å². The first-order chi connectivity index (χ1) is 49.7. The predicted octanol–water partition coefficient (Wildman–Crippen LogP) is 18.6. The summed E-state index contributed by atoms with van der Waals surface area (Å²) >= 11 is 0. The average molecular weight is 1370 g/mol. The zero-order valence-electron chi connectivity index (χ0n) is 53.2. The first-order valence-corrected chi connectivity index (χ1v) is 32.0. The number of anilines is 4. The normalized spacial score (nSPS) is 14.2. The molecule has 0 radical (unpaired) electrons. The van der Waals surface area contributed by atoms with Crippen molar-refractivity contribution in [2.75, 3.05) is 19.6 Å². The number of nitrogens with zero attached hydrogens (tertiary/aromatic N) is 4. The molecule has 14 nitrogen and oxygen atoms in total. The number of imide groups is 4. The van der Waals surface area contributed by atoms with Crippen molar-refractivity contribution in [1.82, 2.24) is 0 Å². The van der Waals surface area contributed by atoms with E-state index in [1.165, 1.54) is 72.8 Å². The molecule has 103 heavy (non-hydrogen) atoms. The molecule has 500 valence electrons. The molecule has 0 saturated carbocycles. The summed E-state index contributed by atoms with van der Waals surface area (Å²) in [4.78, 5) is 117. The van der Waals surface area contributed by atoms with Crippen molar-refractivity contribution >= 4 is 70.0 Å². The molecule has 0 bridgehead atoms. The minimum atomic E-state index is -5.96. The first kappa shape index (κ1) is 64.1. The van der Waals surface area contributed by atoms with E-state index >= 15 is 26.3 Å². The zero-order valence-corrected chi connectivity index (χ0v) is 53.2. The second-order valence-corrected chi connectivity index (χ2v) is 24.5. The number of hydrogen-bond donors (Lipinski definition) is 0. The van der Waals surface area contributed by atoms with E-state index in [4.69, 9.17) is 9.47 Å². The molecule has 20 heteroatoms. The van der Waals surface area contributed by atoms with Crippen molar-refractivity contribution < 1.29 is 74.2 Å². The molecule has 0 aromatic heterocycles. The highest BCUT2D eigenvalue weighted by molar-refractivity contribution is 6.39. The monoisotopic (exact) mass is 1370 g/mol. The van der Waals surface area contributed by atoms with Gasteiger partial charge in [0.25, 0.3) is 47.3 Å². The highest BCUT2D eigenvalue weighted by Crippen LogP contribution is 2.57. The van der Waals surface area contributed by atoms with E-state index in [1.54, 1.807) is 84.9 Å². The molecular weight excluding hydrogens is 1330 g/mol. The lowest BCUT2D eigenvalue weighted by Crippen LogP contribution is -2.54. The molecule has 0 saturated heterocycles. The number of fused-ring (bicyclic) bond motifs is 4. The third kappa shape index (κ3) is 10.4. The SMILES string of the molecule is O=C1c2ccc(-c3cccc4c3C(=O)N(c3ccccc3-c3ccccc3)C4=O)cc2C(=O)N1c1ccc(Oc2ccc(C(c3ccc(Oc4ccc(N5C(=O)c6ccc(-c7cccc8c7C(=O)N(c7ccccc7-c7ccccc7)C8=O)cc6C5=O)cc4)cc3)(C(F)(F)F)C(F)(F)F)cc2)cc1. The van der Waals surface area contributed by atoms with Crippen LogP contribution in [0.1, 0.15) is 94.0 Å². The summed E-state index contributed by atoms with van der Waals surface area (Å²) in [7, 11) is 0. The molecule has 0 unspecified atom stereocenters. The molecule has 16 rings (SSSR count). The summed E-state index contributed by atoms with van der Waals surface area (Å²) in [6.45, 7) is 0. The van der Waals surface area contributed by atoms with Crippen molar-refractivity contribution in [3.05, 3.63) is 335 Å². The standard InChI is InChI=1S/C83H46F6N4O10/c84-82(85,86)81(83(87,88)89,51-27-35-55(36-28-51)102-57-39-31-53(32-40-57)90-73(94)63-43-25-49(45-67(63)77(90)98)61-19-11-21-65-71(61)79(100)92(75(65)96)69-23-9-7-17-59(69)47-13-3-1-4-14-47)52-29-37-56(38-30-52)103-58-41-33-54(34-42-58)91-74(95)64-44-26-50(46-68(64)78(91)99)62-20-12-22-66-72(62)80(101)93(76(66)97)70-24-10-8-18-60(70)48-15-5-2-6-16-48/h1-46H. The number of rotatable bonds is 14. The number of hydrogen-bond acceptors (Lipinski definition) is 10. The number of alkyl halides is 6. The van der Waals surface area contributed by atoms with Gasteiger partial charge in [0, 0.05) is 11.1 Å². The van der Waals surface area contributed by atoms with Gasteiger partial charge in [0.1, 0.15) is 23.0 Å². The Morgan fingerprint density at radius 1 is 0.233 bits per heavy atom. The smallest absolute Gasteiger partial charge is 0.411 e. The Balaban J connectivity index is 0.587. The Morgan fingerprint density at radius 2 is 0.534 bits per heavy atom. The van der Waals surface area contributed by atoms with Crippen LogP contribution in [0.25, 0.3) is 44.5 Å². The second kappa shape index (κ2) is 24.4. The highest BCUT2D eigenvalue weighted by atomic mass is 19.4. The number of para-hydroxylation sites is 2. The number of benzene rings is 12. The molecule has 0 N–H and O–H groups in total. The summed E-state index contributed by atoms with van der Waals surface area (Å²) in [6.07, 6.45) is -11.9. The van der Waals surface area contributed by atoms with Gasteiger partial charge in [0.2, 0.25) is 5.41 Å². The number of amides is 8. The van der Waals surface area contributed by atoms with Crippen LogP contribution < -0.4 is 29.1 Å². The van der Waals surface area contributed by atoms with Gasteiger partial charge in [-0.05, 0) is 166 Å². The fourth-order valence-corrected chi connectivity index (χ4v) is 14.0. The van der Waals surface area contributed by atoms with Gasteiger partial charge >= 0.3 is 12.4 Å². The van der Waals surface area contributed by atoms with Gasteiger partial charge in [-0.1, -0.05) is 158 Å². The van der Waals surface area contributed by atoms with Crippen molar-refractivity contribution in [1.29, 1.82) is 0 Å². The van der Waals surface area contributed by atoms with Crippen LogP contribution in [-0.2, 0) is 5.41 Å². The van der Waals surface area contributed by atoms with Gasteiger partial charge in [-0.15, -0.1) is 0 Å². The maximum absolute atomic E-state index is 15.4. The Bertz CT molecular complexity index is 5260. The van der Waals surface area contributed by atoms with Gasteiger partial charge in [0.15, 0.2) is 0 Å². The van der Waals surface area contributed by atoms with E-state index in [0.717, 1.165) is 55.0 Å². The maximum Gasteiger partial charge on any atom is 0.411 e. The van der Waals surface area contributed by atoms with Crippen LogP contribution >= 0.6 is 0 Å². The van der Waals surface area contributed by atoms with E-state index in [2.05, 4.69) is 0 Å². The van der Waals surface area contributed by atoms with E-state index in [9.17, 15) is 38.4 Å². The summed E-state index contributed by atoms with van der Waals surface area (Å²) in [5, 5.41) is 0. The quantitative estimate of drug-likeness (QED) is 0.0755. The predicted molar refractivity (Wildman–Crippen MR) is 371 cm³/mol. The second-order valence-electron chi connectivity index (χ2n) is 24.5. The zero-order chi connectivity index (χ0) is 71.4. The minimum absolute atomic E-state index is 0.0121. The Kier molecular flexibility index (Phi) is 15.2. The highest BCUT2D eigenvalue weighted by Gasteiger charge is 2.72. The van der Waals surface area contributed by atoms with E-state index < -0.39 is 76.2 Å². The fourth-order valence-electron chi connectivity index (χ4n) is 14.0. The largest absolute Gasteiger partial charge is 0.457 e. The topological polar surface area (TPSA) is 168 Å². The molecule has 4 heterocycles. The van der Waals surface area contributed by atoms with Gasteiger partial charge < -0.3 is 9.47 Å². The lowest BCUT2D eigenvalue weighted by atomic mass is 9.73. The molecule has 8 amide bonds. The van der Waals surface area contributed by atoms with E-state index in [-0.39, 0.29) is 78.9 Å². The lowest BCUT2D eigenvalue weighted by Gasteiger charge is -2.38. The number of halogens is 6. The number of ether oxygens (including phenoxy) is 2. The average Bonchev–Trinajstić information content (AvgIpc) is 1.47. The van der Waals surface area contributed by atoms with Gasteiger partial charge in [-0.25, -0.2) is 19.6 Å². The summed E-state index contributed by atoms with van der Waals surface area (Å²) < 4.78 is 104. The Hall–Kier alpha value is -13.6. The molecular formula is C83H46F6N4O10. The third-order valence-corrected chi connectivity index (χ3v) is 18.8. The van der Waals surface area contributed by atoms with Crippen LogP contribution in [0.5, 0.6) is 23.0 Å². The van der Waals surface area contributed by atoms with Gasteiger partial charge in [0.05, 0.1) is 67.3 Å². The number of carbonyl (C=O) groups excluding carboxylic acids is 8. The van der Waals surface area contributed by atoms with E-state index in [0.29, 0.717) is 69.0 Å². The van der Waals surface area contributed by atoms with Crippen LogP contribution in [-0.4, -0.2) is 59.6 Å². The van der Waals surface area contributed by atoms with Crippen molar-refractivity contribution in [2.45, 2.75) is 17.8 Å². The molecule has 12 aromatic carbocycles. The Morgan fingerprint density at radius 3 is 0.893 bits per heavy atom.